The van der Waals surface area contributed by atoms with Crippen molar-refractivity contribution < 1.29 is 0 Å². The fourth-order valence-corrected chi connectivity index (χ4v) is 1.65. The molecule has 17 heavy (non-hydrogen) atoms. The van der Waals surface area contributed by atoms with Gasteiger partial charge in [-0.1, -0.05) is 0 Å². The summed E-state index contributed by atoms with van der Waals surface area (Å²) in [6.07, 6.45) is 1.58. The predicted octanol–water partition coefficient (Wildman–Crippen LogP) is 1.51. The van der Waals surface area contributed by atoms with E-state index in [2.05, 4.69) is 34.3 Å². The minimum atomic E-state index is 0.319. The van der Waals surface area contributed by atoms with Gasteiger partial charge in [0.2, 0.25) is 0 Å². The highest BCUT2D eigenvalue weighted by Crippen LogP contribution is 2.10. The second kappa shape index (κ2) is 4.57. The van der Waals surface area contributed by atoms with Gasteiger partial charge in [-0.2, -0.15) is 10.2 Å². The molecule has 2 heterocycles. The highest BCUT2D eigenvalue weighted by molar-refractivity contribution is 5.35. The molecule has 0 fully saturated rings. The molecular weight excluding hydrogens is 216 g/mol. The van der Waals surface area contributed by atoms with Crippen LogP contribution in [-0.4, -0.2) is 24.5 Å². The van der Waals surface area contributed by atoms with E-state index in [1.165, 1.54) is 0 Å². The number of aryl methyl sites for hydroxylation is 2. The van der Waals surface area contributed by atoms with Crippen molar-refractivity contribution in [1.82, 2.24) is 24.5 Å². The van der Waals surface area contributed by atoms with Crippen molar-refractivity contribution in [3.63, 3.8) is 0 Å². The van der Waals surface area contributed by atoms with Crippen LogP contribution in [0.25, 0.3) is 0 Å². The lowest BCUT2D eigenvalue weighted by atomic mass is 10.4. The van der Waals surface area contributed by atoms with Crippen molar-refractivity contribution in [1.29, 1.82) is 0 Å². The Hall–Kier alpha value is -1.85. The van der Waals surface area contributed by atoms with Crippen LogP contribution < -0.4 is 5.32 Å². The van der Waals surface area contributed by atoms with Gasteiger partial charge < -0.3 is 5.32 Å². The average Bonchev–Trinajstić information content (AvgIpc) is 2.83. The zero-order chi connectivity index (χ0) is 12.4. The zero-order valence-corrected chi connectivity index (χ0v) is 10.7. The second-order valence-corrected chi connectivity index (χ2v) is 4.36. The monoisotopic (exact) mass is 234 g/mol. The van der Waals surface area contributed by atoms with E-state index in [9.17, 15) is 0 Å². The van der Waals surface area contributed by atoms with Gasteiger partial charge in [0.15, 0.2) is 0 Å². The summed E-state index contributed by atoms with van der Waals surface area (Å²) in [6, 6.07) is 2.33. The second-order valence-electron chi connectivity index (χ2n) is 4.36. The van der Waals surface area contributed by atoms with Crippen LogP contribution in [0.4, 0.5) is 5.82 Å². The lowest BCUT2D eigenvalue weighted by Crippen LogP contribution is -2.12. The molecule has 0 saturated heterocycles. The summed E-state index contributed by atoms with van der Waals surface area (Å²) in [5.74, 6) is 1.78. The minimum absolute atomic E-state index is 0.319. The maximum Gasteiger partial charge on any atom is 0.148 e. The Morgan fingerprint density at radius 2 is 2.18 bits per heavy atom. The third-order valence-corrected chi connectivity index (χ3v) is 2.68. The predicted molar refractivity (Wildman–Crippen MR) is 65.7 cm³/mol. The molecule has 2 aromatic rings. The summed E-state index contributed by atoms with van der Waals surface area (Å²) >= 11 is 0. The highest BCUT2D eigenvalue weighted by Gasteiger charge is 2.08. The van der Waals surface area contributed by atoms with Crippen LogP contribution in [0.3, 0.4) is 0 Å². The van der Waals surface area contributed by atoms with Gasteiger partial charge in [0.25, 0.3) is 0 Å². The standard InChI is InChI=1S/C11H18N6/c1-8(2)17-11(13-7-14-17)6-12-10-5-9(3)16(4)15-10/h5,7-8H,6H2,1-4H3,(H,12,15). The van der Waals surface area contributed by atoms with Crippen LogP contribution in [0.15, 0.2) is 12.4 Å². The molecule has 0 saturated carbocycles. The number of rotatable bonds is 4. The molecule has 0 unspecified atom stereocenters. The average molecular weight is 234 g/mol. The largest absolute Gasteiger partial charge is 0.361 e. The van der Waals surface area contributed by atoms with Crippen molar-refractivity contribution in [2.24, 2.45) is 7.05 Å². The van der Waals surface area contributed by atoms with E-state index in [4.69, 9.17) is 0 Å². The molecule has 0 aliphatic rings. The summed E-state index contributed by atoms with van der Waals surface area (Å²) in [7, 11) is 1.93. The van der Waals surface area contributed by atoms with Crippen molar-refractivity contribution in [2.45, 2.75) is 33.4 Å². The molecule has 0 aromatic carbocycles. The van der Waals surface area contributed by atoms with Crippen LogP contribution in [-0.2, 0) is 13.6 Å². The van der Waals surface area contributed by atoms with E-state index in [-0.39, 0.29) is 0 Å². The first-order valence-corrected chi connectivity index (χ1v) is 5.71. The van der Waals surface area contributed by atoms with Crippen LogP contribution in [0.1, 0.15) is 31.4 Å². The lowest BCUT2D eigenvalue weighted by molar-refractivity contribution is 0.508. The summed E-state index contributed by atoms with van der Waals surface area (Å²) in [5.41, 5.74) is 1.12. The van der Waals surface area contributed by atoms with Gasteiger partial charge in [-0.15, -0.1) is 0 Å². The van der Waals surface area contributed by atoms with E-state index < -0.39 is 0 Å². The molecule has 0 radical (unpaired) electrons. The molecule has 6 nitrogen and oxygen atoms in total. The third-order valence-electron chi connectivity index (χ3n) is 2.68. The van der Waals surface area contributed by atoms with Gasteiger partial charge in [-0.3, -0.25) is 4.68 Å². The summed E-state index contributed by atoms with van der Waals surface area (Å²) in [5, 5.41) is 11.8. The lowest BCUT2D eigenvalue weighted by Gasteiger charge is -2.09. The van der Waals surface area contributed by atoms with E-state index in [1.54, 1.807) is 6.33 Å². The number of anilines is 1. The Bertz CT molecular complexity index is 476. The van der Waals surface area contributed by atoms with Crippen LogP contribution in [0, 0.1) is 6.92 Å². The number of hydrogen-bond donors (Lipinski definition) is 1. The van der Waals surface area contributed by atoms with Crippen molar-refractivity contribution in [3.8, 4) is 0 Å². The van der Waals surface area contributed by atoms with Crippen molar-refractivity contribution in [2.75, 3.05) is 5.32 Å². The quantitative estimate of drug-likeness (QED) is 0.871. The van der Waals surface area contributed by atoms with Gasteiger partial charge in [0.1, 0.15) is 18.0 Å². The molecule has 0 atom stereocenters. The summed E-state index contributed by atoms with van der Waals surface area (Å²) in [6.45, 7) is 6.83. The van der Waals surface area contributed by atoms with Crippen LogP contribution in [0.2, 0.25) is 0 Å². The topological polar surface area (TPSA) is 60.6 Å². The Morgan fingerprint density at radius 1 is 1.41 bits per heavy atom. The number of aromatic nitrogens is 5. The van der Waals surface area contributed by atoms with Crippen molar-refractivity contribution in [3.05, 3.63) is 23.9 Å². The normalized spacial score (nSPS) is 11.1. The third kappa shape index (κ3) is 2.46. The molecule has 0 spiro atoms. The van der Waals surface area contributed by atoms with Gasteiger partial charge >= 0.3 is 0 Å². The molecule has 6 heteroatoms. The van der Waals surface area contributed by atoms with E-state index in [0.717, 1.165) is 17.3 Å². The first-order chi connectivity index (χ1) is 8.08. The van der Waals surface area contributed by atoms with Crippen LogP contribution in [0.5, 0.6) is 0 Å². The Labute approximate surface area is 101 Å². The number of hydrogen-bond acceptors (Lipinski definition) is 4. The van der Waals surface area contributed by atoms with E-state index >= 15 is 0 Å². The van der Waals surface area contributed by atoms with E-state index in [1.807, 2.05) is 29.4 Å². The Kier molecular flexibility index (Phi) is 3.12. The Balaban J connectivity index is 2.04. The van der Waals surface area contributed by atoms with Crippen LogP contribution >= 0.6 is 0 Å². The molecular formula is C11H18N6. The molecule has 1 N–H and O–H groups in total. The fourth-order valence-electron chi connectivity index (χ4n) is 1.65. The SMILES string of the molecule is Cc1cc(NCc2ncnn2C(C)C)nn1C. The molecule has 0 amide bonds. The molecule has 2 rings (SSSR count). The molecule has 2 aromatic heterocycles. The summed E-state index contributed by atoms with van der Waals surface area (Å²) < 4.78 is 3.75. The molecule has 92 valence electrons. The minimum Gasteiger partial charge on any atom is -0.361 e. The highest BCUT2D eigenvalue weighted by atomic mass is 15.4. The van der Waals surface area contributed by atoms with Gasteiger partial charge in [0, 0.05) is 24.8 Å². The van der Waals surface area contributed by atoms with Gasteiger partial charge in [-0.25, -0.2) is 9.67 Å². The number of nitrogens with zero attached hydrogens (tertiary/aromatic N) is 5. The molecule has 0 bridgehead atoms. The van der Waals surface area contributed by atoms with Gasteiger partial charge in [-0.05, 0) is 20.8 Å². The van der Waals surface area contributed by atoms with Crippen molar-refractivity contribution >= 4 is 5.82 Å². The van der Waals surface area contributed by atoms with E-state index in [0.29, 0.717) is 12.6 Å². The smallest absolute Gasteiger partial charge is 0.148 e. The summed E-state index contributed by atoms with van der Waals surface area (Å²) in [4.78, 5) is 4.24. The maximum absolute atomic E-state index is 4.33. The number of nitrogens with one attached hydrogen (secondary N) is 1. The molecule has 0 aliphatic heterocycles. The first-order valence-electron chi connectivity index (χ1n) is 5.71. The first kappa shape index (κ1) is 11.6. The Morgan fingerprint density at radius 3 is 2.76 bits per heavy atom. The fraction of sp³-hybridized carbons (Fsp3) is 0.545. The zero-order valence-electron chi connectivity index (χ0n) is 10.7. The molecule has 0 aliphatic carbocycles. The van der Waals surface area contributed by atoms with Gasteiger partial charge in [0.05, 0.1) is 6.54 Å². The maximum atomic E-state index is 4.33.